The van der Waals surface area contributed by atoms with Gasteiger partial charge >= 0.3 is 0 Å². The average molecular weight is 276 g/mol. The first-order chi connectivity index (χ1) is 9.88. The minimum absolute atomic E-state index is 0.761. The highest BCUT2D eigenvalue weighted by Crippen LogP contribution is 2.27. The minimum Gasteiger partial charge on any atom is -0.175 e. The van der Waals surface area contributed by atoms with E-state index >= 15 is 0 Å². The van der Waals surface area contributed by atoms with Crippen LogP contribution in [0.1, 0.15) is 5.56 Å². The number of benzene rings is 3. The maximum absolute atomic E-state index is 4.41. The Kier molecular flexibility index (Phi) is 3.89. The molecule has 0 aliphatic rings. The summed E-state index contributed by atoms with van der Waals surface area (Å²) in [6.07, 6.45) is 0. The number of hydrogen-bond donors (Lipinski definition) is 1. The summed E-state index contributed by atoms with van der Waals surface area (Å²) < 4.78 is 0. The second-order valence-corrected chi connectivity index (χ2v) is 5.07. The fourth-order valence-electron chi connectivity index (χ4n) is 2.41. The van der Waals surface area contributed by atoms with Crippen molar-refractivity contribution >= 4 is 12.6 Å². The van der Waals surface area contributed by atoms with Gasteiger partial charge in [-0.2, -0.15) is 12.6 Å². The predicted molar refractivity (Wildman–Crippen MR) is 90.0 cm³/mol. The lowest BCUT2D eigenvalue weighted by molar-refractivity contribution is 1.42. The zero-order chi connectivity index (χ0) is 13.8. The molecule has 0 fully saturated rings. The number of rotatable bonds is 3. The van der Waals surface area contributed by atoms with Crippen LogP contribution in [0, 0.1) is 0 Å². The van der Waals surface area contributed by atoms with Gasteiger partial charge in [0.05, 0.1) is 0 Å². The van der Waals surface area contributed by atoms with Crippen molar-refractivity contribution in [3.05, 3.63) is 84.4 Å². The molecule has 0 bridgehead atoms. The largest absolute Gasteiger partial charge is 0.175 e. The lowest BCUT2D eigenvalue weighted by Crippen LogP contribution is -1.86. The Morgan fingerprint density at radius 1 is 0.550 bits per heavy atom. The molecule has 0 radical (unpaired) electrons. The zero-order valence-electron chi connectivity index (χ0n) is 11.2. The highest BCUT2D eigenvalue weighted by molar-refractivity contribution is 7.79. The number of thiol groups is 1. The summed E-state index contributed by atoms with van der Waals surface area (Å²) >= 11 is 4.41. The Bertz CT molecular complexity index is 684. The van der Waals surface area contributed by atoms with Crippen molar-refractivity contribution in [3.8, 4) is 22.3 Å². The van der Waals surface area contributed by atoms with Crippen LogP contribution in [0.4, 0.5) is 0 Å². The van der Waals surface area contributed by atoms with E-state index in [0.29, 0.717) is 0 Å². The van der Waals surface area contributed by atoms with Crippen molar-refractivity contribution in [1.82, 2.24) is 0 Å². The molecule has 0 aliphatic carbocycles. The van der Waals surface area contributed by atoms with Crippen molar-refractivity contribution in [2.45, 2.75) is 5.75 Å². The molecular formula is C19H16S. The van der Waals surface area contributed by atoms with Gasteiger partial charge in [0.2, 0.25) is 0 Å². The Morgan fingerprint density at radius 3 is 1.80 bits per heavy atom. The molecule has 3 rings (SSSR count). The molecule has 0 aromatic heterocycles. The first kappa shape index (κ1) is 13.0. The molecule has 0 atom stereocenters. The van der Waals surface area contributed by atoms with Gasteiger partial charge in [0.1, 0.15) is 0 Å². The van der Waals surface area contributed by atoms with Crippen molar-refractivity contribution < 1.29 is 0 Å². The topological polar surface area (TPSA) is 0 Å². The highest BCUT2D eigenvalue weighted by Gasteiger charge is 2.03. The third-order valence-corrected chi connectivity index (χ3v) is 3.83. The molecule has 98 valence electrons. The molecule has 20 heavy (non-hydrogen) atoms. The quantitative estimate of drug-likeness (QED) is 0.604. The predicted octanol–water partition coefficient (Wildman–Crippen LogP) is 5.45. The van der Waals surface area contributed by atoms with Crippen LogP contribution in [0.25, 0.3) is 22.3 Å². The molecule has 3 aromatic rings. The molecule has 0 saturated carbocycles. The highest BCUT2D eigenvalue weighted by atomic mass is 32.1. The van der Waals surface area contributed by atoms with Gasteiger partial charge in [-0.05, 0) is 27.8 Å². The standard InChI is InChI=1S/C19H16S/c20-14-18-8-4-5-9-19(18)17-12-10-16(11-13-17)15-6-2-1-3-7-15/h1-13,20H,14H2. The molecule has 0 amide bonds. The Labute approximate surface area is 125 Å². The van der Waals surface area contributed by atoms with Crippen molar-refractivity contribution in [2.24, 2.45) is 0 Å². The van der Waals surface area contributed by atoms with Crippen molar-refractivity contribution in [3.63, 3.8) is 0 Å². The van der Waals surface area contributed by atoms with Crippen LogP contribution in [-0.4, -0.2) is 0 Å². The van der Waals surface area contributed by atoms with E-state index in [-0.39, 0.29) is 0 Å². The van der Waals surface area contributed by atoms with E-state index in [1.54, 1.807) is 0 Å². The summed E-state index contributed by atoms with van der Waals surface area (Å²) in [7, 11) is 0. The average Bonchev–Trinajstić information content (AvgIpc) is 2.56. The SMILES string of the molecule is SCc1ccccc1-c1ccc(-c2ccccc2)cc1. The normalized spacial score (nSPS) is 10.4. The second kappa shape index (κ2) is 5.98. The lowest BCUT2D eigenvalue weighted by atomic mass is 9.97. The summed E-state index contributed by atoms with van der Waals surface area (Å²) in [5.41, 5.74) is 6.28. The van der Waals surface area contributed by atoms with Crippen LogP contribution in [0.5, 0.6) is 0 Å². The molecule has 0 heterocycles. The van der Waals surface area contributed by atoms with Gasteiger partial charge in [0.15, 0.2) is 0 Å². The summed E-state index contributed by atoms with van der Waals surface area (Å²) in [6.45, 7) is 0. The van der Waals surface area contributed by atoms with Gasteiger partial charge in [-0.25, -0.2) is 0 Å². The van der Waals surface area contributed by atoms with Gasteiger partial charge in [-0.1, -0.05) is 78.9 Å². The molecule has 3 aromatic carbocycles. The van der Waals surface area contributed by atoms with Crippen LogP contribution in [-0.2, 0) is 5.75 Å². The molecule has 0 unspecified atom stereocenters. The second-order valence-electron chi connectivity index (χ2n) is 4.76. The van der Waals surface area contributed by atoms with Crippen LogP contribution in [0.15, 0.2) is 78.9 Å². The molecule has 0 aliphatic heterocycles. The lowest BCUT2D eigenvalue weighted by Gasteiger charge is -2.08. The van der Waals surface area contributed by atoms with Crippen molar-refractivity contribution in [2.75, 3.05) is 0 Å². The van der Waals surface area contributed by atoms with Gasteiger partial charge < -0.3 is 0 Å². The molecule has 0 spiro atoms. The van der Waals surface area contributed by atoms with E-state index in [1.807, 2.05) is 6.07 Å². The fraction of sp³-hybridized carbons (Fsp3) is 0.0526. The van der Waals surface area contributed by atoms with E-state index in [2.05, 4.69) is 85.4 Å². The molecule has 1 heteroatoms. The molecular weight excluding hydrogens is 260 g/mol. The van der Waals surface area contributed by atoms with Gasteiger partial charge in [-0.15, -0.1) is 0 Å². The van der Waals surface area contributed by atoms with Gasteiger partial charge in [0.25, 0.3) is 0 Å². The van der Waals surface area contributed by atoms with E-state index in [1.165, 1.54) is 27.8 Å². The van der Waals surface area contributed by atoms with Crippen LogP contribution in [0.3, 0.4) is 0 Å². The molecule has 0 nitrogen and oxygen atoms in total. The smallest absolute Gasteiger partial charge is 0.0160 e. The molecule has 0 N–H and O–H groups in total. The van der Waals surface area contributed by atoms with E-state index in [4.69, 9.17) is 0 Å². The molecule has 0 saturated heterocycles. The van der Waals surface area contributed by atoms with Crippen LogP contribution in [0.2, 0.25) is 0 Å². The van der Waals surface area contributed by atoms with Gasteiger partial charge in [0, 0.05) is 5.75 Å². The maximum Gasteiger partial charge on any atom is 0.0160 e. The monoisotopic (exact) mass is 276 g/mol. The summed E-state index contributed by atoms with van der Waals surface area (Å²) in [5.74, 6) is 0.761. The first-order valence-electron chi connectivity index (χ1n) is 6.73. The van der Waals surface area contributed by atoms with E-state index in [9.17, 15) is 0 Å². The fourth-order valence-corrected chi connectivity index (χ4v) is 2.69. The third kappa shape index (κ3) is 2.63. The maximum atomic E-state index is 4.41. The van der Waals surface area contributed by atoms with Crippen molar-refractivity contribution in [1.29, 1.82) is 0 Å². The Balaban J connectivity index is 1.98. The summed E-state index contributed by atoms with van der Waals surface area (Å²) in [4.78, 5) is 0. The number of hydrogen-bond acceptors (Lipinski definition) is 1. The van der Waals surface area contributed by atoms with E-state index in [0.717, 1.165) is 5.75 Å². The van der Waals surface area contributed by atoms with Gasteiger partial charge in [-0.3, -0.25) is 0 Å². The summed E-state index contributed by atoms with van der Waals surface area (Å²) in [6, 6.07) is 27.6. The van der Waals surface area contributed by atoms with Crippen LogP contribution >= 0.6 is 12.6 Å². The first-order valence-corrected chi connectivity index (χ1v) is 7.36. The minimum atomic E-state index is 0.761. The zero-order valence-corrected chi connectivity index (χ0v) is 12.1. The third-order valence-electron chi connectivity index (χ3n) is 3.49. The Hall–Kier alpha value is -1.99. The van der Waals surface area contributed by atoms with Crippen LogP contribution < -0.4 is 0 Å². The summed E-state index contributed by atoms with van der Waals surface area (Å²) in [5, 5.41) is 0. The Morgan fingerprint density at radius 2 is 1.10 bits per heavy atom. The van der Waals surface area contributed by atoms with E-state index < -0.39 is 0 Å².